The predicted molar refractivity (Wildman–Crippen MR) is 79.5 cm³/mol. The summed E-state index contributed by atoms with van der Waals surface area (Å²) in [4.78, 5) is 5.03. The van der Waals surface area contributed by atoms with Crippen LogP contribution in [0, 0.1) is 0 Å². The molecule has 2 aromatic rings. The molecule has 0 bridgehead atoms. The first-order valence-corrected chi connectivity index (χ1v) is 8.35. The van der Waals surface area contributed by atoms with Gasteiger partial charge in [0.05, 0.1) is 5.69 Å². The zero-order chi connectivity index (χ0) is 13.1. The van der Waals surface area contributed by atoms with E-state index in [0.29, 0.717) is 6.04 Å². The van der Waals surface area contributed by atoms with Crippen LogP contribution < -0.4 is 0 Å². The van der Waals surface area contributed by atoms with Crippen LogP contribution in [0.1, 0.15) is 24.2 Å². The summed E-state index contributed by atoms with van der Waals surface area (Å²) in [7, 11) is 0. The Kier molecular flexibility index (Phi) is 4.22. The minimum atomic E-state index is 0.536. The molecule has 1 aliphatic rings. The standard InChI is InChI=1S/C13H18N4S2/c1-11(12-2-7-18-9-12)17-5-3-16(4-6-17)8-13-10-19-15-14-13/h2,7,9-11H,3-6,8H2,1H3/t11-/m1/s1. The molecule has 1 saturated heterocycles. The Bertz CT molecular complexity index is 475. The Balaban J connectivity index is 1.52. The zero-order valence-corrected chi connectivity index (χ0v) is 12.7. The predicted octanol–water partition coefficient (Wildman–Crippen LogP) is 2.48. The van der Waals surface area contributed by atoms with Crippen LogP contribution in [0.3, 0.4) is 0 Å². The maximum atomic E-state index is 4.12. The lowest BCUT2D eigenvalue weighted by atomic mass is 10.1. The third-order valence-electron chi connectivity index (χ3n) is 3.77. The highest BCUT2D eigenvalue weighted by Gasteiger charge is 2.22. The molecule has 6 heteroatoms. The first-order chi connectivity index (χ1) is 9.33. The van der Waals surface area contributed by atoms with Crippen molar-refractivity contribution in [3.05, 3.63) is 33.5 Å². The normalized spacial score (nSPS) is 19.6. The molecular formula is C13H18N4S2. The molecule has 19 heavy (non-hydrogen) atoms. The van der Waals surface area contributed by atoms with Gasteiger partial charge < -0.3 is 0 Å². The van der Waals surface area contributed by atoms with E-state index in [9.17, 15) is 0 Å². The lowest BCUT2D eigenvalue weighted by Crippen LogP contribution is -2.46. The van der Waals surface area contributed by atoms with Gasteiger partial charge in [-0.25, -0.2) is 0 Å². The van der Waals surface area contributed by atoms with Crippen molar-refractivity contribution in [3.8, 4) is 0 Å². The van der Waals surface area contributed by atoms with Gasteiger partial charge in [-0.05, 0) is 40.8 Å². The average molecular weight is 294 g/mol. The second-order valence-corrected chi connectivity index (χ2v) is 6.33. The van der Waals surface area contributed by atoms with Crippen molar-refractivity contribution in [1.82, 2.24) is 19.4 Å². The second-order valence-electron chi connectivity index (χ2n) is 4.94. The zero-order valence-electron chi connectivity index (χ0n) is 11.0. The summed E-state index contributed by atoms with van der Waals surface area (Å²) >= 11 is 3.22. The molecule has 0 aromatic carbocycles. The molecule has 3 heterocycles. The molecule has 1 aliphatic heterocycles. The van der Waals surface area contributed by atoms with Crippen LogP contribution in [0.5, 0.6) is 0 Å². The van der Waals surface area contributed by atoms with Gasteiger partial charge >= 0.3 is 0 Å². The summed E-state index contributed by atoms with van der Waals surface area (Å²) in [6, 6.07) is 2.78. The Morgan fingerprint density at radius 3 is 2.74 bits per heavy atom. The number of hydrogen-bond acceptors (Lipinski definition) is 6. The molecule has 0 spiro atoms. The van der Waals surface area contributed by atoms with Crippen molar-refractivity contribution in [2.75, 3.05) is 26.2 Å². The molecular weight excluding hydrogens is 276 g/mol. The van der Waals surface area contributed by atoms with Crippen molar-refractivity contribution in [1.29, 1.82) is 0 Å². The minimum Gasteiger partial charge on any atom is -0.295 e. The molecule has 0 saturated carbocycles. The van der Waals surface area contributed by atoms with Gasteiger partial charge in [-0.1, -0.05) is 4.49 Å². The SMILES string of the molecule is C[C@H](c1ccsc1)N1CCN(Cc2csnn2)CC1. The van der Waals surface area contributed by atoms with Gasteiger partial charge in [0.2, 0.25) is 0 Å². The van der Waals surface area contributed by atoms with Gasteiger partial charge in [-0.2, -0.15) is 11.3 Å². The van der Waals surface area contributed by atoms with Crippen molar-refractivity contribution < 1.29 is 0 Å². The largest absolute Gasteiger partial charge is 0.295 e. The number of rotatable bonds is 4. The highest BCUT2D eigenvalue weighted by Crippen LogP contribution is 2.23. The van der Waals surface area contributed by atoms with Gasteiger partial charge in [0.25, 0.3) is 0 Å². The number of aromatic nitrogens is 2. The van der Waals surface area contributed by atoms with Gasteiger partial charge in [-0.3, -0.25) is 9.80 Å². The fourth-order valence-electron chi connectivity index (χ4n) is 2.51. The van der Waals surface area contributed by atoms with E-state index >= 15 is 0 Å². The van der Waals surface area contributed by atoms with Crippen LogP contribution in [0.15, 0.2) is 22.2 Å². The topological polar surface area (TPSA) is 32.3 Å². The van der Waals surface area contributed by atoms with Crippen LogP contribution in [0.25, 0.3) is 0 Å². The maximum Gasteiger partial charge on any atom is 0.0895 e. The number of thiophene rings is 1. The summed E-state index contributed by atoms with van der Waals surface area (Å²) < 4.78 is 3.92. The second kappa shape index (κ2) is 6.09. The van der Waals surface area contributed by atoms with Crippen LogP contribution in [-0.2, 0) is 6.54 Å². The van der Waals surface area contributed by atoms with Crippen molar-refractivity contribution in [3.63, 3.8) is 0 Å². The quantitative estimate of drug-likeness (QED) is 0.867. The van der Waals surface area contributed by atoms with Gasteiger partial charge in [0.15, 0.2) is 0 Å². The van der Waals surface area contributed by atoms with E-state index in [2.05, 4.69) is 43.1 Å². The third-order valence-corrected chi connectivity index (χ3v) is 5.03. The molecule has 0 N–H and O–H groups in total. The van der Waals surface area contributed by atoms with Gasteiger partial charge in [0, 0.05) is 44.1 Å². The lowest BCUT2D eigenvalue weighted by molar-refractivity contribution is 0.0972. The summed E-state index contributed by atoms with van der Waals surface area (Å²) in [6.45, 7) is 7.75. The molecule has 2 aromatic heterocycles. The number of nitrogens with zero attached hydrogens (tertiary/aromatic N) is 4. The van der Waals surface area contributed by atoms with Crippen molar-refractivity contribution in [2.24, 2.45) is 0 Å². The Labute approximate surface area is 121 Å². The molecule has 0 unspecified atom stereocenters. The third kappa shape index (κ3) is 3.20. The van der Waals surface area contributed by atoms with Crippen LogP contribution in [0.4, 0.5) is 0 Å². The highest BCUT2D eigenvalue weighted by atomic mass is 32.1. The van der Waals surface area contributed by atoms with E-state index in [1.807, 2.05) is 5.38 Å². The van der Waals surface area contributed by atoms with Crippen molar-refractivity contribution >= 4 is 22.9 Å². The lowest BCUT2D eigenvalue weighted by Gasteiger charge is -2.37. The van der Waals surface area contributed by atoms with E-state index in [-0.39, 0.29) is 0 Å². The van der Waals surface area contributed by atoms with Crippen LogP contribution >= 0.6 is 22.9 Å². The molecule has 0 aliphatic carbocycles. The number of hydrogen-bond donors (Lipinski definition) is 0. The van der Waals surface area contributed by atoms with E-state index in [0.717, 1.165) is 38.4 Å². The van der Waals surface area contributed by atoms with E-state index < -0.39 is 0 Å². The van der Waals surface area contributed by atoms with Crippen molar-refractivity contribution in [2.45, 2.75) is 19.5 Å². The van der Waals surface area contributed by atoms with Gasteiger partial charge in [-0.15, -0.1) is 5.10 Å². The van der Waals surface area contributed by atoms with Gasteiger partial charge in [0.1, 0.15) is 0 Å². The summed E-state index contributed by atoms with van der Waals surface area (Å²) in [5, 5.41) is 10.6. The average Bonchev–Trinajstić information content (AvgIpc) is 3.12. The van der Waals surface area contributed by atoms with E-state index in [1.165, 1.54) is 17.1 Å². The molecule has 102 valence electrons. The molecule has 1 fully saturated rings. The molecule has 1 atom stereocenters. The molecule has 4 nitrogen and oxygen atoms in total. The van der Waals surface area contributed by atoms with E-state index in [4.69, 9.17) is 0 Å². The van der Waals surface area contributed by atoms with E-state index in [1.54, 1.807) is 11.3 Å². The Morgan fingerprint density at radius 2 is 2.11 bits per heavy atom. The molecule has 0 radical (unpaired) electrons. The fourth-order valence-corrected chi connectivity index (χ4v) is 3.70. The summed E-state index contributed by atoms with van der Waals surface area (Å²) in [6.07, 6.45) is 0. The molecule has 3 rings (SSSR count). The summed E-state index contributed by atoms with van der Waals surface area (Å²) in [5.74, 6) is 0. The monoisotopic (exact) mass is 294 g/mol. The van der Waals surface area contributed by atoms with Crippen LogP contribution in [0.2, 0.25) is 0 Å². The first-order valence-electron chi connectivity index (χ1n) is 6.57. The maximum absolute atomic E-state index is 4.12. The Hall–Kier alpha value is -0.820. The first kappa shape index (κ1) is 13.2. The summed E-state index contributed by atoms with van der Waals surface area (Å²) in [5.41, 5.74) is 2.55. The minimum absolute atomic E-state index is 0.536. The molecule has 0 amide bonds. The number of piperazine rings is 1. The Morgan fingerprint density at radius 1 is 1.26 bits per heavy atom. The smallest absolute Gasteiger partial charge is 0.0895 e. The highest BCUT2D eigenvalue weighted by molar-refractivity contribution is 7.08. The van der Waals surface area contributed by atoms with Crippen LogP contribution in [-0.4, -0.2) is 45.6 Å². The fraction of sp³-hybridized carbons (Fsp3) is 0.538.